The molecule has 0 saturated carbocycles. The van der Waals surface area contributed by atoms with Crippen LogP contribution in [-0.2, 0) is 21.1 Å². The van der Waals surface area contributed by atoms with E-state index in [4.69, 9.17) is 4.74 Å². The van der Waals surface area contributed by atoms with Gasteiger partial charge in [-0.3, -0.25) is 4.79 Å². The Morgan fingerprint density at radius 2 is 1.68 bits per heavy atom. The van der Waals surface area contributed by atoms with Gasteiger partial charge in [0.1, 0.15) is 5.75 Å². The fraction of sp³-hybridized carbons (Fsp3) is 0.222. The quantitative estimate of drug-likeness (QED) is 0.372. The lowest BCUT2D eigenvalue weighted by Gasteiger charge is -2.15. The number of para-hydroxylation sites is 1. The third-order valence-corrected chi connectivity index (χ3v) is 7.11. The Balaban J connectivity index is 1.50. The SMILES string of the molecule is COc1ccc(-c2[nH]c3ccccc3c2CCC(=O)NC(C)c2ccc(S(C)(=O)=O)cc2)cc1. The molecular formula is C27H28N2O4S. The second-order valence-electron chi connectivity index (χ2n) is 8.38. The van der Waals surface area contributed by atoms with E-state index in [2.05, 4.69) is 16.4 Å². The summed E-state index contributed by atoms with van der Waals surface area (Å²) in [4.78, 5) is 16.6. The molecular weight excluding hydrogens is 448 g/mol. The molecule has 6 nitrogen and oxygen atoms in total. The molecule has 0 spiro atoms. The average molecular weight is 477 g/mol. The highest BCUT2D eigenvalue weighted by atomic mass is 32.2. The molecule has 7 heteroatoms. The lowest BCUT2D eigenvalue weighted by molar-refractivity contribution is -0.121. The topological polar surface area (TPSA) is 88.3 Å². The number of amides is 1. The summed E-state index contributed by atoms with van der Waals surface area (Å²) < 4.78 is 28.6. The maximum Gasteiger partial charge on any atom is 0.220 e. The van der Waals surface area contributed by atoms with Gasteiger partial charge in [-0.25, -0.2) is 8.42 Å². The van der Waals surface area contributed by atoms with Crippen molar-refractivity contribution in [3.8, 4) is 17.0 Å². The van der Waals surface area contributed by atoms with Crippen LogP contribution in [0.1, 0.15) is 30.5 Å². The molecule has 0 fully saturated rings. The molecule has 4 rings (SSSR count). The van der Waals surface area contributed by atoms with Gasteiger partial charge in [-0.05, 0) is 72.5 Å². The molecule has 0 aliphatic rings. The summed E-state index contributed by atoms with van der Waals surface area (Å²) in [6.45, 7) is 1.89. The van der Waals surface area contributed by atoms with Crippen molar-refractivity contribution in [3.63, 3.8) is 0 Å². The van der Waals surface area contributed by atoms with E-state index in [1.165, 1.54) is 6.26 Å². The highest BCUT2D eigenvalue weighted by molar-refractivity contribution is 7.90. The first kappa shape index (κ1) is 23.6. The van der Waals surface area contributed by atoms with E-state index in [0.29, 0.717) is 12.8 Å². The second-order valence-corrected chi connectivity index (χ2v) is 10.4. The first-order valence-electron chi connectivity index (χ1n) is 11.1. The van der Waals surface area contributed by atoms with Gasteiger partial charge in [0.25, 0.3) is 0 Å². The summed E-state index contributed by atoms with van der Waals surface area (Å²) in [5.74, 6) is 0.727. The highest BCUT2D eigenvalue weighted by Crippen LogP contribution is 2.32. The third-order valence-electron chi connectivity index (χ3n) is 5.98. The molecule has 0 bridgehead atoms. The van der Waals surface area contributed by atoms with Crippen LogP contribution >= 0.6 is 0 Å². The number of carbonyl (C=O) groups excluding carboxylic acids is 1. The van der Waals surface area contributed by atoms with Crippen molar-refractivity contribution in [2.75, 3.05) is 13.4 Å². The number of aromatic nitrogens is 1. The smallest absolute Gasteiger partial charge is 0.220 e. The number of methoxy groups -OCH3 is 1. The van der Waals surface area contributed by atoms with Crippen LogP contribution in [0.15, 0.2) is 77.7 Å². The van der Waals surface area contributed by atoms with Gasteiger partial charge < -0.3 is 15.0 Å². The van der Waals surface area contributed by atoms with Crippen molar-refractivity contribution >= 4 is 26.6 Å². The van der Waals surface area contributed by atoms with Crippen LogP contribution in [0.25, 0.3) is 22.2 Å². The summed E-state index contributed by atoms with van der Waals surface area (Å²) >= 11 is 0. The molecule has 0 aliphatic heterocycles. The van der Waals surface area contributed by atoms with Gasteiger partial charge in [0.05, 0.1) is 18.0 Å². The first-order chi connectivity index (χ1) is 16.3. The number of nitrogens with one attached hydrogen (secondary N) is 2. The number of hydrogen-bond acceptors (Lipinski definition) is 4. The van der Waals surface area contributed by atoms with Crippen LogP contribution in [0.3, 0.4) is 0 Å². The normalized spacial score (nSPS) is 12.4. The minimum Gasteiger partial charge on any atom is -0.497 e. The van der Waals surface area contributed by atoms with Crippen LogP contribution < -0.4 is 10.1 Å². The molecule has 1 atom stereocenters. The standard InChI is InChI=1S/C27H28N2O4S/c1-18(19-10-14-22(15-11-19)34(3,31)32)28-26(30)17-16-24-23-6-4-5-7-25(23)29-27(24)20-8-12-21(33-2)13-9-20/h4-15,18,29H,16-17H2,1-3H3,(H,28,30). The molecule has 0 aliphatic carbocycles. The Morgan fingerprint density at radius 1 is 1.00 bits per heavy atom. The molecule has 1 unspecified atom stereocenters. The van der Waals surface area contributed by atoms with E-state index in [-0.39, 0.29) is 16.8 Å². The Labute approximate surface area is 199 Å². The zero-order valence-corrected chi connectivity index (χ0v) is 20.3. The summed E-state index contributed by atoms with van der Waals surface area (Å²) in [5, 5.41) is 4.13. The third kappa shape index (κ3) is 5.15. The Hall–Kier alpha value is -3.58. The highest BCUT2D eigenvalue weighted by Gasteiger charge is 2.16. The largest absolute Gasteiger partial charge is 0.497 e. The van der Waals surface area contributed by atoms with Gasteiger partial charge >= 0.3 is 0 Å². The zero-order chi connectivity index (χ0) is 24.3. The summed E-state index contributed by atoms with van der Waals surface area (Å²) in [6, 6.07) is 22.3. The number of aromatic amines is 1. The number of rotatable bonds is 8. The van der Waals surface area contributed by atoms with Gasteiger partial charge in [-0.1, -0.05) is 30.3 Å². The molecule has 1 amide bonds. The van der Waals surface area contributed by atoms with Crippen LogP contribution in [-0.4, -0.2) is 32.7 Å². The minimum absolute atomic E-state index is 0.0642. The maximum absolute atomic E-state index is 12.8. The second kappa shape index (κ2) is 9.73. The molecule has 3 aromatic carbocycles. The Kier molecular flexibility index (Phi) is 6.75. The number of hydrogen-bond donors (Lipinski definition) is 2. The zero-order valence-electron chi connectivity index (χ0n) is 19.5. The van der Waals surface area contributed by atoms with E-state index in [9.17, 15) is 13.2 Å². The van der Waals surface area contributed by atoms with E-state index >= 15 is 0 Å². The van der Waals surface area contributed by atoms with Crippen LogP contribution in [0.2, 0.25) is 0 Å². The lowest BCUT2D eigenvalue weighted by atomic mass is 10.0. The number of aryl methyl sites for hydroxylation is 1. The van der Waals surface area contributed by atoms with Gasteiger partial charge in [0.2, 0.25) is 5.91 Å². The van der Waals surface area contributed by atoms with Crippen molar-refractivity contribution < 1.29 is 17.9 Å². The first-order valence-corrected chi connectivity index (χ1v) is 13.0. The van der Waals surface area contributed by atoms with E-state index < -0.39 is 9.84 Å². The van der Waals surface area contributed by atoms with Crippen molar-refractivity contribution in [1.29, 1.82) is 0 Å². The number of H-pyrrole nitrogens is 1. The van der Waals surface area contributed by atoms with E-state index in [1.807, 2.05) is 49.4 Å². The fourth-order valence-electron chi connectivity index (χ4n) is 4.10. The van der Waals surface area contributed by atoms with Gasteiger partial charge in [-0.2, -0.15) is 0 Å². The summed E-state index contributed by atoms with van der Waals surface area (Å²) in [5.41, 5.74) is 5.02. The number of ether oxygens (including phenoxy) is 1. The monoisotopic (exact) mass is 476 g/mol. The predicted molar refractivity (Wildman–Crippen MR) is 135 cm³/mol. The van der Waals surface area contributed by atoms with Crippen LogP contribution in [0, 0.1) is 0 Å². The molecule has 4 aromatic rings. The number of benzene rings is 3. The van der Waals surface area contributed by atoms with Crippen molar-refractivity contribution in [2.24, 2.45) is 0 Å². The molecule has 0 saturated heterocycles. The van der Waals surface area contributed by atoms with E-state index in [1.54, 1.807) is 31.4 Å². The molecule has 0 radical (unpaired) electrons. The lowest BCUT2D eigenvalue weighted by Crippen LogP contribution is -2.26. The molecule has 176 valence electrons. The minimum atomic E-state index is -3.25. The average Bonchev–Trinajstić information content (AvgIpc) is 3.21. The van der Waals surface area contributed by atoms with Crippen molar-refractivity contribution in [3.05, 3.63) is 83.9 Å². The van der Waals surface area contributed by atoms with Gasteiger partial charge in [-0.15, -0.1) is 0 Å². The number of sulfone groups is 1. The summed E-state index contributed by atoms with van der Waals surface area (Å²) in [6.07, 6.45) is 2.09. The van der Waals surface area contributed by atoms with E-state index in [0.717, 1.165) is 39.0 Å². The van der Waals surface area contributed by atoms with Gasteiger partial charge in [0, 0.05) is 29.3 Å². The van der Waals surface area contributed by atoms with Crippen LogP contribution in [0.4, 0.5) is 0 Å². The molecule has 34 heavy (non-hydrogen) atoms. The fourth-order valence-corrected chi connectivity index (χ4v) is 4.73. The number of carbonyl (C=O) groups is 1. The molecule has 2 N–H and O–H groups in total. The maximum atomic E-state index is 12.8. The van der Waals surface area contributed by atoms with Crippen molar-refractivity contribution in [1.82, 2.24) is 10.3 Å². The predicted octanol–water partition coefficient (Wildman–Crippen LogP) is 5.06. The molecule has 1 heterocycles. The van der Waals surface area contributed by atoms with Crippen molar-refractivity contribution in [2.45, 2.75) is 30.7 Å². The number of fused-ring (bicyclic) bond motifs is 1. The molecule has 1 aromatic heterocycles. The Morgan fingerprint density at radius 3 is 2.32 bits per heavy atom. The van der Waals surface area contributed by atoms with Gasteiger partial charge in [0.15, 0.2) is 9.84 Å². The van der Waals surface area contributed by atoms with Crippen LogP contribution in [0.5, 0.6) is 5.75 Å². The summed E-state index contributed by atoms with van der Waals surface area (Å²) in [7, 11) is -1.61. The Bertz CT molecular complexity index is 1410.